The van der Waals surface area contributed by atoms with Crippen LogP contribution < -0.4 is 9.47 Å². The summed E-state index contributed by atoms with van der Waals surface area (Å²) in [6.07, 6.45) is -1.75. The number of ether oxygens (including phenoxy) is 2. The van der Waals surface area contributed by atoms with Crippen molar-refractivity contribution in [3.8, 4) is 11.5 Å². The molecule has 0 aliphatic heterocycles. The lowest BCUT2D eigenvalue weighted by Gasteiger charge is -2.15. The van der Waals surface area contributed by atoms with E-state index in [1.807, 2.05) is 0 Å². The third kappa shape index (κ3) is 2.20. The topological polar surface area (TPSA) is 76.0 Å². The number of hydrogen-bond donors (Lipinski definition) is 2. The van der Waals surface area contributed by atoms with Gasteiger partial charge in [0.15, 0.2) is 6.10 Å². The first-order chi connectivity index (χ1) is 7.52. The maximum absolute atomic E-state index is 10.7. The van der Waals surface area contributed by atoms with Crippen LogP contribution in [0.3, 0.4) is 0 Å². The van der Waals surface area contributed by atoms with Gasteiger partial charge in [-0.2, -0.15) is 0 Å². The first-order valence-corrected chi connectivity index (χ1v) is 4.72. The van der Waals surface area contributed by atoms with Crippen LogP contribution in [0.4, 0.5) is 0 Å². The zero-order chi connectivity index (χ0) is 12.3. The third-order valence-electron chi connectivity index (χ3n) is 2.05. The number of rotatable bonds is 4. The number of carboxylic acid groups (broad SMARTS) is 1. The lowest BCUT2D eigenvalue weighted by molar-refractivity contribution is -0.147. The average molecular weight is 247 g/mol. The highest BCUT2D eigenvalue weighted by Gasteiger charge is 2.25. The lowest BCUT2D eigenvalue weighted by Crippen LogP contribution is -2.12. The van der Waals surface area contributed by atoms with Crippen LogP contribution in [0.25, 0.3) is 0 Å². The zero-order valence-corrected chi connectivity index (χ0v) is 9.49. The van der Waals surface area contributed by atoms with Crippen molar-refractivity contribution >= 4 is 17.6 Å². The Kier molecular flexibility index (Phi) is 3.98. The van der Waals surface area contributed by atoms with Crippen molar-refractivity contribution in [2.45, 2.75) is 6.10 Å². The van der Waals surface area contributed by atoms with Gasteiger partial charge in [0.05, 0.1) is 24.8 Å². The van der Waals surface area contributed by atoms with Gasteiger partial charge in [0.25, 0.3) is 0 Å². The van der Waals surface area contributed by atoms with Gasteiger partial charge < -0.3 is 19.7 Å². The second kappa shape index (κ2) is 5.05. The van der Waals surface area contributed by atoms with Crippen molar-refractivity contribution in [3.05, 3.63) is 22.7 Å². The van der Waals surface area contributed by atoms with E-state index in [9.17, 15) is 9.90 Å². The fourth-order valence-electron chi connectivity index (χ4n) is 1.27. The Labute approximate surface area is 97.2 Å². The highest BCUT2D eigenvalue weighted by Crippen LogP contribution is 2.38. The molecule has 88 valence electrons. The summed E-state index contributed by atoms with van der Waals surface area (Å²) in [6, 6.07) is 3.01. The van der Waals surface area contributed by atoms with Gasteiger partial charge in [0.2, 0.25) is 0 Å². The minimum atomic E-state index is -1.75. The second-order valence-electron chi connectivity index (χ2n) is 2.94. The molecule has 1 unspecified atom stereocenters. The van der Waals surface area contributed by atoms with Crippen LogP contribution in [0.1, 0.15) is 11.7 Å². The molecule has 0 radical (unpaired) electrons. The summed E-state index contributed by atoms with van der Waals surface area (Å²) in [7, 11) is 2.75. The Morgan fingerprint density at radius 1 is 1.31 bits per heavy atom. The number of carboxylic acids is 1. The molecule has 1 rings (SSSR count). The van der Waals surface area contributed by atoms with Crippen LogP contribution in [0.5, 0.6) is 11.5 Å². The van der Waals surface area contributed by atoms with Crippen molar-refractivity contribution < 1.29 is 24.5 Å². The quantitative estimate of drug-likeness (QED) is 0.842. The van der Waals surface area contributed by atoms with Gasteiger partial charge in [-0.05, 0) is 12.1 Å². The molecule has 5 nitrogen and oxygen atoms in total. The summed E-state index contributed by atoms with van der Waals surface area (Å²) in [5.41, 5.74) is -0.0176. The van der Waals surface area contributed by atoms with Gasteiger partial charge in [0.1, 0.15) is 11.5 Å². The van der Waals surface area contributed by atoms with Crippen LogP contribution >= 0.6 is 11.6 Å². The second-order valence-corrected chi connectivity index (χ2v) is 3.32. The van der Waals surface area contributed by atoms with E-state index in [4.69, 9.17) is 26.2 Å². The molecule has 1 aromatic rings. The standard InChI is InChI=1S/C10H11ClO5/c1-15-5-3-4-6(16-2)8(11)7(5)9(12)10(13)14/h3-4,9,12H,1-2H3,(H,13,14). The molecule has 0 bridgehead atoms. The molecule has 0 amide bonds. The van der Waals surface area contributed by atoms with Gasteiger partial charge in [-0.25, -0.2) is 4.79 Å². The molecule has 2 N–H and O–H groups in total. The van der Waals surface area contributed by atoms with E-state index >= 15 is 0 Å². The molecule has 0 aliphatic carbocycles. The summed E-state index contributed by atoms with van der Waals surface area (Å²) in [4.78, 5) is 10.7. The highest BCUT2D eigenvalue weighted by molar-refractivity contribution is 6.33. The van der Waals surface area contributed by atoms with Crippen LogP contribution in [0, 0.1) is 0 Å². The molecule has 16 heavy (non-hydrogen) atoms. The largest absolute Gasteiger partial charge is 0.496 e. The maximum Gasteiger partial charge on any atom is 0.337 e. The van der Waals surface area contributed by atoms with E-state index in [0.29, 0.717) is 0 Å². The zero-order valence-electron chi connectivity index (χ0n) is 8.73. The van der Waals surface area contributed by atoms with E-state index in [1.165, 1.54) is 26.4 Å². The Balaban J connectivity index is 3.37. The molecular weight excluding hydrogens is 236 g/mol. The first-order valence-electron chi connectivity index (χ1n) is 4.34. The predicted octanol–water partition coefficient (Wildman–Crippen LogP) is 1.48. The molecule has 1 aromatic carbocycles. The Hall–Kier alpha value is -1.46. The van der Waals surface area contributed by atoms with E-state index < -0.39 is 12.1 Å². The average Bonchev–Trinajstić information content (AvgIpc) is 2.27. The Bertz CT molecular complexity index is 404. The molecule has 0 saturated heterocycles. The summed E-state index contributed by atoms with van der Waals surface area (Å²) in [6.45, 7) is 0. The number of hydrogen-bond acceptors (Lipinski definition) is 4. The maximum atomic E-state index is 10.7. The SMILES string of the molecule is COc1ccc(OC)c(C(O)C(=O)O)c1Cl. The van der Waals surface area contributed by atoms with E-state index in [1.54, 1.807) is 0 Å². The normalized spacial score (nSPS) is 12.0. The van der Waals surface area contributed by atoms with Crippen molar-refractivity contribution in [2.24, 2.45) is 0 Å². The van der Waals surface area contributed by atoms with Crippen LogP contribution in [-0.2, 0) is 4.79 Å². The molecule has 0 spiro atoms. The number of carbonyl (C=O) groups is 1. The Morgan fingerprint density at radius 3 is 2.25 bits per heavy atom. The molecule has 6 heteroatoms. The fraction of sp³-hybridized carbons (Fsp3) is 0.300. The number of aliphatic hydroxyl groups excluding tert-OH is 1. The Morgan fingerprint density at radius 2 is 1.81 bits per heavy atom. The van der Waals surface area contributed by atoms with Gasteiger partial charge in [-0.15, -0.1) is 0 Å². The minimum absolute atomic E-state index is 0.0176. The smallest absolute Gasteiger partial charge is 0.337 e. The van der Waals surface area contributed by atoms with Crippen LogP contribution in [0.15, 0.2) is 12.1 Å². The van der Waals surface area contributed by atoms with Crippen LogP contribution in [0.2, 0.25) is 5.02 Å². The number of aliphatic hydroxyl groups is 1. The highest BCUT2D eigenvalue weighted by atomic mass is 35.5. The molecule has 1 atom stereocenters. The monoisotopic (exact) mass is 246 g/mol. The van der Waals surface area contributed by atoms with Gasteiger partial charge in [-0.3, -0.25) is 0 Å². The summed E-state index contributed by atoms with van der Waals surface area (Å²) in [5.74, 6) is -0.938. The number of aliphatic carboxylic acids is 1. The van der Waals surface area contributed by atoms with Crippen molar-refractivity contribution in [3.63, 3.8) is 0 Å². The summed E-state index contributed by atoms with van der Waals surface area (Å²) >= 11 is 5.90. The van der Waals surface area contributed by atoms with Gasteiger partial charge >= 0.3 is 5.97 Å². The number of benzene rings is 1. The van der Waals surface area contributed by atoms with E-state index in [2.05, 4.69) is 0 Å². The van der Waals surface area contributed by atoms with E-state index in [-0.39, 0.29) is 22.1 Å². The van der Waals surface area contributed by atoms with Gasteiger partial charge in [0, 0.05) is 0 Å². The fourth-order valence-corrected chi connectivity index (χ4v) is 1.61. The van der Waals surface area contributed by atoms with Crippen molar-refractivity contribution in [1.29, 1.82) is 0 Å². The molecule has 0 aromatic heterocycles. The first kappa shape index (κ1) is 12.6. The van der Waals surface area contributed by atoms with E-state index in [0.717, 1.165) is 0 Å². The number of methoxy groups -OCH3 is 2. The summed E-state index contributed by atoms with van der Waals surface area (Å²) in [5, 5.41) is 18.3. The minimum Gasteiger partial charge on any atom is -0.496 e. The molecule has 0 aliphatic rings. The molecule has 0 heterocycles. The molecule has 0 saturated carbocycles. The molecule has 0 fully saturated rings. The number of halogens is 1. The summed E-state index contributed by atoms with van der Waals surface area (Å²) < 4.78 is 9.86. The van der Waals surface area contributed by atoms with Gasteiger partial charge in [-0.1, -0.05) is 11.6 Å². The molecular formula is C10H11ClO5. The van der Waals surface area contributed by atoms with Crippen molar-refractivity contribution in [1.82, 2.24) is 0 Å². The van der Waals surface area contributed by atoms with Crippen LogP contribution in [-0.4, -0.2) is 30.4 Å². The third-order valence-corrected chi connectivity index (χ3v) is 2.44. The lowest BCUT2D eigenvalue weighted by atomic mass is 10.1. The predicted molar refractivity (Wildman–Crippen MR) is 57.2 cm³/mol. The van der Waals surface area contributed by atoms with Crippen molar-refractivity contribution in [2.75, 3.05) is 14.2 Å².